The number of hydrogen-bond acceptors (Lipinski definition) is 5. The van der Waals surface area contributed by atoms with Gasteiger partial charge in [0.2, 0.25) is 10.0 Å². The second kappa shape index (κ2) is 7.17. The molecule has 0 fully saturated rings. The number of thiazole rings is 1. The van der Waals surface area contributed by atoms with Crippen molar-refractivity contribution in [3.05, 3.63) is 45.7 Å². The molecular weight excluding hydrogens is 327 g/mol. The van der Waals surface area contributed by atoms with E-state index in [4.69, 9.17) is 4.74 Å². The van der Waals surface area contributed by atoms with Crippen molar-refractivity contribution in [2.24, 2.45) is 0 Å². The van der Waals surface area contributed by atoms with Crippen LogP contribution in [0.1, 0.15) is 15.6 Å². The van der Waals surface area contributed by atoms with Gasteiger partial charge in [-0.05, 0) is 38.1 Å². The van der Waals surface area contributed by atoms with Crippen LogP contribution in [0.5, 0.6) is 5.75 Å². The number of benzene rings is 1. The number of aryl methyl sites for hydroxylation is 2. The van der Waals surface area contributed by atoms with Gasteiger partial charge in [-0.15, -0.1) is 11.3 Å². The third kappa shape index (κ3) is 5.04. The zero-order chi connectivity index (χ0) is 16.2. The minimum atomic E-state index is -3.44. The monoisotopic (exact) mass is 344 g/mol. The molecule has 0 unspecified atom stereocenters. The Morgan fingerprint density at radius 2 is 1.95 bits per heavy atom. The molecule has 22 heavy (non-hydrogen) atoms. The van der Waals surface area contributed by atoms with Crippen LogP contribution in [0.15, 0.2) is 24.3 Å². The Balaban J connectivity index is 1.81. The van der Waals surface area contributed by atoms with Gasteiger partial charge in [0.25, 0.3) is 0 Å². The highest BCUT2D eigenvalue weighted by atomic mass is 32.2. The highest BCUT2D eigenvalue weighted by Gasteiger charge is 2.13. The maximum atomic E-state index is 12.7. The van der Waals surface area contributed by atoms with E-state index in [-0.39, 0.29) is 24.7 Å². The molecule has 1 heterocycles. The van der Waals surface area contributed by atoms with Gasteiger partial charge in [-0.2, -0.15) is 0 Å². The molecule has 1 N–H and O–H groups in total. The average molecular weight is 344 g/mol. The van der Waals surface area contributed by atoms with Gasteiger partial charge in [-0.3, -0.25) is 0 Å². The molecule has 0 spiro atoms. The smallest absolute Gasteiger partial charge is 0.215 e. The van der Waals surface area contributed by atoms with Crippen LogP contribution in [-0.2, 0) is 16.6 Å². The van der Waals surface area contributed by atoms with Crippen molar-refractivity contribution in [2.45, 2.75) is 20.4 Å². The molecular formula is C14H17FN2O3S2. The van der Waals surface area contributed by atoms with Gasteiger partial charge in [0, 0.05) is 11.4 Å². The van der Waals surface area contributed by atoms with E-state index >= 15 is 0 Å². The van der Waals surface area contributed by atoms with Gasteiger partial charge in [0.15, 0.2) is 0 Å². The van der Waals surface area contributed by atoms with Crippen LogP contribution in [0.25, 0.3) is 0 Å². The van der Waals surface area contributed by atoms with Gasteiger partial charge < -0.3 is 4.74 Å². The molecule has 2 rings (SSSR count). The van der Waals surface area contributed by atoms with Gasteiger partial charge in [-0.1, -0.05) is 0 Å². The summed E-state index contributed by atoms with van der Waals surface area (Å²) < 4.78 is 44.3. The number of hydrogen-bond donors (Lipinski definition) is 1. The molecule has 8 heteroatoms. The summed E-state index contributed by atoms with van der Waals surface area (Å²) in [5.41, 5.74) is 0.841. The summed E-state index contributed by atoms with van der Waals surface area (Å²) in [5.74, 6) is -0.0938. The predicted octanol–water partition coefficient (Wildman–Crippen LogP) is 2.40. The van der Waals surface area contributed by atoms with Crippen molar-refractivity contribution in [1.29, 1.82) is 0 Å². The Labute approximate surface area is 133 Å². The van der Waals surface area contributed by atoms with Crippen molar-refractivity contribution in [1.82, 2.24) is 9.71 Å². The number of nitrogens with one attached hydrogen (secondary N) is 1. The molecule has 0 saturated heterocycles. The number of nitrogens with zero attached hydrogens (tertiary/aromatic N) is 1. The van der Waals surface area contributed by atoms with Crippen molar-refractivity contribution < 1.29 is 17.5 Å². The Hall–Kier alpha value is -1.51. The van der Waals surface area contributed by atoms with Crippen LogP contribution < -0.4 is 9.46 Å². The Morgan fingerprint density at radius 1 is 1.27 bits per heavy atom. The van der Waals surface area contributed by atoms with Crippen molar-refractivity contribution in [3.63, 3.8) is 0 Å². The Kier molecular flexibility index (Phi) is 5.49. The maximum Gasteiger partial charge on any atom is 0.215 e. The summed E-state index contributed by atoms with van der Waals surface area (Å²) in [6.07, 6.45) is 0. The Morgan fingerprint density at radius 3 is 2.55 bits per heavy atom. The fraction of sp³-hybridized carbons (Fsp3) is 0.357. The summed E-state index contributed by atoms with van der Waals surface area (Å²) in [7, 11) is -3.44. The zero-order valence-electron chi connectivity index (χ0n) is 12.3. The molecule has 0 saturated carbocycles. The first-order valence-corrected chi connectivity index (χ1v) is 9.11. The predicted molar refractivity (Wildman–Crippen MR) is 84.1 cm³/mol. The van der Waals surface area contributed by atoms with Crippen LogP contribution in [0.3, 0.4) is 0 Å². The van der Waals surface area contributed by atoms with Gasteiger partial charge >= 0.3 is 0 Å². The van der Waals surface area contributed by atoms with Gasteiger partial charge in [0.05, 0.1) is 16.5 Å². The molecule has 0 radical (unpaired) electrons. The van der Waals surface area contributed by atoms with Crippen molar-refractivity contribution >= 4 is 21.4 Å². The molecule has 120 valence electrons. The SMILES string of the molecule is Cc1nc(C)c(CNS(=O)(=O)CCOc2ccc(F)cc2)s1. The summed E-state index contributed by atoms with van der Waals surface area (Å²) in [4.78, 5) is 5.15. The number of sulfonamides is 1. The van der Waals surface area contributed by atoms with E-state index in [2.05, 4.69) is 9.71 Å². The highest BCUT2D eigenvalue weighted by Crippen LogP contribution is 2.17. The molecule has 2 aromatic rings. The number of aromatic nitrogens is 1. The minimum absolute atomic E-state index is 0.00165. The molecule has 1 aromatic carbocycles. The molecule has 1 aromatic heterocycles. The second-order valence-corrected chi connectivity index (χ2v) is 7.90. The number of ether oxygens (including phenoxy) is 1. The molecule has 0 atom stereocenters. The fourth-order valence-electron chi connectivity index (χ4n) is 1.79. The van der Waals surface area contributed by atoms with Crippen LogP contribution in [0.4, 0.5) is 4.39 Å². The molecule has 0 bridgehead atoms. The van der Waals surface area contributed by atoms with Crippen LogP contribution in [0.2, 0.25) is 0 Å². The molecule has 0 aliphatic carbocycles. The zero-order valence-corrected chi connectivity index (χ0v) is 13.9. The summed E-state index contributed by atoms with van der Waals surface area (Å²) >= 11 is 1.47. The van der Waals surface area contributed by atoms with E-state index in [9.17, 15) is 12.8 Å². The maximum absolute atomic E-state index is 12.7. The third-order valence-electron chi connectivity index (χ3n) is 2.89. The Bertz CT molecular complexity index is 727. The normalized spacial score (nSPS) is 11.6. The largest absolute Gasteiger partial charge is 0.492 e. The lowest BCUT2D eigenvalue weighted by Gasteiger charge is -2.08. The van der Waals surface area contributed by atoms with Crippen LogP contribution in [0, 0.1) is 19.7 Å². The van der Waals surface area contributed by atoms with E-state index < -0.39 is 10.0 Å². The van der Waals surface area contributed by atoms with E-state index in [1.165, 1.54) is 35.6 Å². The summed E-state index contributed by atoms with van der Waals surface area (Å²) in [5, 5.41) is 0.909. The van der Waals surface area contributed by atoms with Crippen molar-refractivity contribution in [2.75, 3.05) is 12.4 Å². The van der Waals surface area contributed by atoms with Gasteiger partial charge in [-0.25, -0.2) is 22.5 Å². The first-order valence-electron chi connectivity index (χ1n) is 6.64. The second-order valence-electron chi connectivity index (χ2n) is 4.68. The van der Waals surface area contributed by atoms with E-state index in [1.807, 2.05) is 13.8 Å². The minimum Gasteiger partial charge on any atom is -0.492 e. The van der Waals surface area contributed by atoms with E-state index in [0.717, 1.165) is 15.6 Å². The molecule has 0 aliphatic heterocycles. The van der Waals surface area contributed by atoms with Crippen molar-refractivity contribution in [3.8, 4) is 5.75 Å². The lowest BCUT2D eigenvalue weighted by molar-refractivity contribution is 0.339. The van der Waals surface area contributed by atoms with Crippen LogP contribution in [-0.4, -0.2) is 25.8 Å². The van der Waals surface area contributed by atoms with Crippen LogP contribution >= 0.6 is 11.3 Å². The summed E-state index contributed by atoms with van der Waals surface area (Å²) in [6.45, 7) is 3.97. The van der Waals surface area contributed by atoms with E-state index in [1.54, 1.807) is 0 Å². The topological polar surface area (TPSA) is 68.3 Å². The van der Waals surface area contributed by atoms with E-state index in [0.29, 0.717) is 5.75 Å². The van der Waals surface area contributed by atoms with Gasteiger partial charge in [0.1, 0.15) is 18.2 Å². The highest BCUT2D eigenvalue weighted by molar-refractivity contribution is 7.89. The standard InChI is InChI=1S/C14H17FN2O3S2/c1-10-14(21-11(2)17-10)9-16-22(18,19)8-7-20-13-5-3-12(15)4-6-13/h3-6,16H,7-9H2,1-2H3. The first kappa shape index (κ1) is 16.9. The molecule has 0 aliphatic rings. The molecule has 0 amide bonds. The third-order valence-corrected chi connectivity index (χ3v) is 5.25. The summed E-state index contributed by atoms with van der Waals surface area (Å²) in [6, 6.07) is 5.44. The lowest BCUT2D eigenvalue weighted by atomic mass is 10.3. The average Bonchev–Trinajstić information content (AvgIpc) is 2.77. The quantitative estimate of drug-likeness (QED) is 0.837. The lowest BCUT2D eigenvalue weighted by Crippen LogP contribution is -2.28. The number of rotatable bonds is 7. The molecule has 5 nitrogen and oxygen atoms in total. The fourth-order valence-corrected chi connectivity index (χ4v) is 3.56. The first-order chi connectivity index (χ1) is 10.4. The number of halogens is 1.